The Balaban J connectivity index is 1.66. The normalized spacial score (nSPS) is 23.1. The fraction of sp³-hybridized carbons (Fsp3) is 0.529. The molecule has 1 N–H and O–H groups in total. The van der Waals surface area contributed by atoms with Crippen molar-refractivity contribution in [2.45, 2.75) is 45.2 Å². The third kappa shape index (κ3) is 2.83. The van der Waals surface area contributed by atoms with Crippen molar-refractivity contribution in [2.75, 3.05) is 7.11 Å². The highest BCUT2D eigenvalue weighted by molar-refractivity contribution is 5.83. The van der Waals surface area contributed by atoms with Crippen LogP contribution in [0.3, 0.4) is 0 Å². The predicted molar refractivity (Wildman–Crippen MR) is 81.0 cm³/mol. The average molecular weight is 273 g/mol. The first kappa shape index (κ1) is 13.5. The van der Waals surface area contributed by atoms with Crippen molar-refractivity contribution >= 4 is 11.0 Å². The van der Waals surface area contributed by atoms with Crippen LogP contribution in [-0.4, -0.2) is 13.2 Å². The number of hydrogen-bond acceptors (Lipinski definition) is 3. The average Bonchev–Trinajstić information content (AvgIpc) is 2.89. The minimum atomic E-state index is 0.640. The Morgan fingerprint density at radius 1 is 1.25 bits per heavy atom. The lowest BCUT2D eigenvalue weighted by molar-refractivity contribution is 0.300. The summed E-state index contributed by atoms with van der Waals surface area (Å²) in [5, 5.41) is 4.73. The van der Waals surface area contributed by atoms with Crippen molar-refractivity contribution in [3.05, 3.63) is 30.0 Å². The number of para-hydroxylation sites is 1. The molecule has 0 saturated heterocycles. The smallest absolute Gasteiger partial charge is 0.176 e. The van der Waals surface area contributed by atoms with Crippen LogP contribution in [0.5, 0.6) is 5.75 Å². The molecule has 1 aromatic carbocycles. The molecule has 108 valence electrons. The van der Waals surface area contributed by atoms with Crippen molar-refractivity contribution in [1.82, 2.24) is 5.32 Å². The number of hydrogen-bond donors (Lipinski definition) is 1. The van der Waals surface area contributed by atoms with Crippen molar-refractivity contribution in [3.8, 4) is 5.75 Å². The van der Waals surface area contributed by atoms with Crippen molar-refractivity contribution in [3.63, 3.8) is 0 Å². The first-order chi connectivity index (χ1) is 9.76. The zero-order chi connectivity index (χ0) is 13.9. The SMILES string of the molecule is COc1cccc2cc(CNC3CCC(C)CC3)oc12. The molecule has 0 radical (unpaired) electrons. The van der Waals surface area contributed by atoms with Gasteiger partial charge in [-0.05, 0) is 43.7 Å². The highest BCUT2D eigenvalue weighted by atomic mass is 16.5. The molecule has 3 rings (SSSR count). The van der Waals surface area contributed by atoms with Gasteiger partial charge in [0.25, 0.3) is 0 Å². The fourth-order valence-corrected chi connectivity index (χ4v) is 3.05. The first-order valence-corrected chi connectivity index (χ1v) is 7.55. The van der Waals surface area contributed by atoms with E-state index in [1.165, 1.54) is 25.7 Å². The van der Waals surface area contributed by atoms with Crippen LogP contribution >= 0.6 is 0 Å². The first-order valence-electron chi connectivity index (χ1n) is 7.55. The molecule has 1 saturated carbocycles. The van der Waals surface area contributed by atoms with Crippen molar-refractivity contribution < 1.29 is 9.15 Å². The zero-order valence-corrected chi connectivity index (χ0v) is 12.3. The predicted octanol–water partition coefficient (Wildman–Crippen LogP) is 4.11. The standard InChI is InChI=1S/C17H23NO2/c1-12-6-8-14(9-7-12)18-11-15-10-13-4-3-5-16(19-2)17(13)20-15/h3-5,10,12,14,18H,6-9,11H2,1-2H3. The van der Waals surface area contributed by atoms with E-state index < -0.39 is 0 Å². The minimum Gasteiger partial charge on any atom is -0.493 e. The lowest BCUT2D eigenvalue weighted by Gasteiger charge is -2.26. The van der Waals surface area contributed by atoms with Gasteiger partial charge < -0.3 is 14.5 Å². The largest absolute Gasteiger partial charge is 0.493 e. The summed E-state index contributed by atoms with van der Waals surface area (Å²) in [5.74, 6) is 2.69. The summed E-state index contributed by atoms with van der Waals surface area (Å²) < 4.78 is 11.2. The molecule has 3 heteroatoms. The second kappa shape index (κ2) is 5.88. The second-order valence-corrected chi connectivity index (χ2v) is 5.93. The molecule has 1 aromatic heterocycles. The molecule has 1 aliphatic rings. The molecule has 1 heterocycles. The monoisotopic (exact) mass is 273 g/mol. The molecule has 0 bridgehead atoms. The van der Waals surface area contributed by atoms with E-state index in [0.717, 1.165) is 34.9 Å². The molecule has 0 aliphatic heterocycles. The maximum absolute atomic E-state index is 5.91. The van der Waals surface area contributed by atoms with Gasteiger partial charge in [-0.25, -0.2) is 0 Å². The summed E-state index contributed by atoms with van der Waals surface area (Å²) in [4.78, 5) is 0. The number of ether oxygens (including phenoxy) is 1. The highest BCUT2D eigenvalue weighted by Gasteiger charge is 2.18. The molecule has 3 nitrogen and oxygen atoms in total. The fourth-order valence-electron chi connectivity index (χ4n) is 3.05. The maximum Gasteiger partial charge on any atom is 0.176 e. The van der Waals surface area contributed by atoms with Gasteiger partial charge >= 0.3 is 0 Å². The topological polar surface area (TPSA) is 34.4 Å². The van der Waals surface area contributed by atoms with Gasteiger partial charge in [-0.15, -0.1) is 0 Å². The summed E-state index contributed by atoms with van der Waals surface area (Å²) in [6.45, 7) is 3.15. The maximum atomic E-state index is 5.91. The van der Waals surface area contributed by atoms with Crippen LogP contribution in [0.4, 0.5) is 0 Å². The number of fused-ring (bicyclic) bond motifs is 1. The van der Waals surface area contributed by atoms with Gasteiger partial charge in [0.2, 0.25) is 0 Å². The van der Waals surface area contributed by atoms with Gasteiger partial charge in [-0.1, -0.05) is 19.1 Å². The zero-order valence-electron chi connectivity index (χ0n) is 12.3. The van der Waals surface area contributed by atoms with E-state index in [9.17, 15) is 0 Å². The number of furan rings is 1. The van der Waals surface area contributed by atoms with Crippen LogP contribution < -0.4 is 10.1 Å². The quantitative estimate of drug-likeness (QED) is 0.910. The molecule has 1 fully saturated rings. The van der Waals surface area contributed by atoms with Crippen LogP contribution in [0, 0.1) is 5.92 Å². The van der Waals surface area contributed by atoms with Gasteiger partial charge in [0.1, 0.15) is 5.76 Å². The number of benzene rings is 1. The summed E-state index contributed by atoms with van der Waals surface area (Å²) in [7, 11) is 1.68. The Morgan fingerprint density at radius 3 is 2.80 bits per heavy atom. The molecule has 0 unspecified atom stereocenters. The third-order valence-electron chi connectivity index (χ3n) is 4.36. The van der Waals surface area contributed by atoms with E-state index >= 15 is 0 Å². The Labute approximate surface area is 120 Å². The Morgan fingerprint density at radius 2 is 2.05 bits per heavy atom. The van der Waals surface area contributed by atoms with Crippen molar-refractivity contribution in [2.24, 2.45) is 5.92 Å². The summed E-state index contributed by atoms with van der Waals surface area (Å²) in [5.41, 5.74) is 0.851. The van der Waals surface area contributed by atoms with Crippen molar-refractivity contribution in [1.29, 1.82) is 0 Å². The molecule has 2 aromatic rings. The second-order valence-electron chi connectivity index (χ2n) is 5.93. The van der Waals surface area contributed by atoms with E-state index in [4.69, 9.17) is 9.15 Å². The lowest BCUT2D eigenvalue weighted by Crippen LogP contribution is -2.32. The van der Waals surface area contributed by atoms with Crippen LogP contribution in [0.15, 0.2) is 28.7 Å². The van der Waals surface area contributed by atoms with Crippen LogP contribution in [0.25, 0.3) is 11.0 Å². The molecule has 0 atom stereocenters. The molecule has 0 spiro atoms. The minimum absolute atomic E-state index is 0.640. The van der Waals surface area contributed by atoms with E-state index in [1.54, 1.807) is 7.11 Å². The third-order valence-corrected chi connectivity index (χ3v) is 4.36. The van der Waals surface area contributed by atoms with E-state index in [2.05, 4.69) is 24.4 Å². The van der Waals surface area contributed by atoms with Gasteiger partial charge in [0.05, 0.1) is 13.7 Å². The van der Waals surface area contributed by atoms with E-state index in [1.807, 2.05) is 12.1 Å². The lowest BCUT2D eigenvalue weighted by atomic mass is 9.87. The highest BCUT2D eigenvalue weighted by Crippen LogP contribution is 2.29. The Hall–Kier alpha value is -1.48. The Bertz CT molecular complexity index is 567. The van der Waals surface area contributed by atoms with Crippen LogP contribution in [-0.2, 0) is 6.54 Å². The number of rotatable bonds is 4. The van der Waals surface area contributed by atoms with Gasteiger partial charge in [0, 0.05) is 11.4 Å². The van der Waals surface area contributed by atoms with Gasteiger partial charge in [-0.3, -0.25) is 0 Å². The number of methoxy groups -OCH3 is 1. The summed E-state index contributed by atoms with van der Waals surface area (Å²) >= 11 is 0. The van der Waals surface area contributed by atoms with E-state index in [0.29, 0.717) is 6.04 Å². The molecular formula is C17H23NO2. The van der Waals surface area contributed by atoms with Crippen LogP contribution in [0.1, 0.15) is 38.4 Å². The Kier molecular flexibility index (Phi) is 3.97. The van der Waals surface area contributed by atoms with Crippen LogP contribution in [0.2, 0.25) is 0 Å². The van der Waals surface area contributed by atoms with E-state index in [-0.39, 0.29) is 0 Å². The molecule has 20 heavy (non-hydrogen) atoms. The number of nitrogens with one attached hydrogen (secondary N) is 1. The summed E-state index contributed by atoms with van der Waals surface area (Å²) in [6, 6.07) is 8.74. The summed E-state index contributed by atoms with van der Waals surface area (Å²) in [6.07, 6.45) is 5.24. The molecule has 1 aliphatic carbocycles. The molecule has 0 amide bonds. The van der Waals surface area contributed by atoms with Gasteiger partial charge in [-0.2, -0.15) is 0 Å². The molecular weight excluding hydrogens is 250 g/mol. The van der Waals surface area contributed by atoms with Gasteiger partial charge in [0.15, 0.2) is 11.3 Å².